The van der Waals surface area contributed by atoms with Crippen molar-refractivity contribution >= 4 is 16.9 Å². The minimum atomic E-state index is 0.133. The lowest BCUT2D eigenvalue weighted by Gasteiger charge is -1.97. The van der Waals surface area contributed by atoms with E-state index >= 15 is 0 Å². The number of nitrogens with one attached hydrogen (secondary N) is 1. The van der Waals surface area contributed by atoms with Crippen LogP contribution >= 0.6 is 11.8 Å². The van der Waals surface area contributed by atoms with Gasteiger partial charge in [0.2, 0.25) is 0 Å². The first kappa shape index (κ1) is 8.14. The van der Waals surface area contributed by atoms with E-state index in [2.05, 4.69) is 0 Å². The summed E-state index contributed by atoms with van der Waals surface area (Å²) in [4.78, 5) is 1.02. The van der Waals surface area contributed by atoms with Gasteiger partial charge in [-0.2, -0.15) is 0 Å². The minimum Gasteiger partial charge on any atom is -0.378 e. The van der Waals surface area contributed by atoms with Gasteiger partial charge < -0.3 is 5.73 Å². The summed E-state index contributed by atoms with van der Waals surface area (Å²) >= 11 is 1.27. The fraction of sp³-hybridized carbons (Fsp3) is 0.125. The van der Waals surface area contributed by atoms with Gasteiger partial charge in [-0.15, -0.1) is 0 Å². The topological polar surface area (TPSA) is 49.9 Å². The van der Waals surface area contributed by atoms with Crippen molar-refractivity contribution in [2.24, 2.45) is 5.73 Å². The first-order chi connectivity index (χ1) is 5.18. The highest BCUT2D eigenvalue weighted by Crippen LogP contribution is 2.16. The normalized spacial score (nSPS) is 9.55. The SMILES string of the molecule is Cc1ccc(SC(=N)N)cc1. The number of nitrogens with two attached hydrogens (primary N) is 1. The number of hydrogen-bond acceptors (Lipinski definition) is 2. The zero-order valence-corrected chi connectivity index (χ0v) is 7.11. The zero-order chi connectivity index (χ0) is 8.27. The molecule has 1 aromatic carbocycles. The van der Waals surface area contributed by atoms with Gasteiger partial charge in [-0.1, -0.05) is 29.5 Å². The largest absolute Gasteiger partial charge is 0.378 e. The molecule has 0 fully saturated rings. The molecule has 2 nitrogen and oxygen atoms in total. The molecule has 58 valence electrons. The summed E-state index contributed by atoms with van der Waals surface area (Å²) in [6.45, 7) is 2.03. The second-order valence-corrected chi connectivity index (χ2v) is 3.39. The van der Waals surface area contributed by atoms with Crippen LogP contribution in [0, 0.1) is 12.3 Å². The third kappa shape index (κ3) is 2.63. The van der Waals surface area contributed by atoms with Gasteiger partial charge in [0.25, 0.3) is 0 Å². The average molecular weight is 166 g/mol. The molecule has 0 amide bonds. The Labute approximate surface area is 70.3 Å². The molecular formula is C8H10N2S. The second kappa shape index (κ2) is 3.44. The van der Waals surface area contributed by atoms with Crippen molar-refractivity contribution in [1.82, 2.24) is 0 Å². The van der Waals surface area contributed by atoms with Crippen LogP contribution in [-0.2, 0) is 0 Å². The Kier molecular flexibility index (Phi) is 2.54. The van der Waals surface area contributed by atoms with E-state index in [0.29, 0.717) is 0 Å². The summed E-state index contributed by atoms with van der Waals surface area (Å²) in [7, 11) is 0. The van der Waals surface area contributed by atoms with E-state index in [4.69, 9.17) is 11.1 Å². The summed E-state index contributed by atoms with van der Waals surface area (Å²) in [5, 5.41) is 7.16. The molecule has 0 aromatic heterocycles. The summed E-state index contributed by atoms with van der Waals surface area (Å²) < 4.78 is 0. The van der Waals surface area contributed by atoms with Crippen molar-refractivity contribution < 1.29 is 0 Å². The molecule has 1 rings (SSSR count). The summed E-state index contributed by atoms with van der Waals surface area (Å²) in [5.74, 6) is 0. The van der Waals surface area contributed by atoms with E-state index in [1.54, 1.807) is 0 Å². The van der Waals surface area contributed by atoms with Crippen LogP contribution in [0.3, 0.4) is 0 Å². The van der Waals surface area contributed by atoms with Crippen LogP contribution in [0.25, 0.3) is 0 Å². The van der Waals surface area contributed by atoms with E-state index in [0.717, 1.165) is 4.90 Å². The third-order valence-corrected chi connectivity index (χ3v) is 1.98. The average Bonchev–Trinajstić information content (AvgIpc) is 1.93. The smallest absolute Gasteiger partial charge is 0.155 e. The van der Waals surface area contributed by atoms with E-state index in [1.807, 2.05) is 31.2 Å². The number of hydrogen-bond donors (Lipinski definition) is 2. The molecule has 0 atom stereocenters. The number of benzene rings is 1. The van der Waals surface area contributed by atoms with Gasteiger partial charge in [0.1, 0.15) is 0 Å². The van der Waals surface area contributed by atoms with Crippen LogP contribution in [0.2, 0.25) is 0 Å². The van der Waals surface area contributed by atoms with Gasteiger partial charge >= 0.3 is 0 Å². The lowest BCUT2D eigenvalue weighted by Crippen LogP contribution is -2.02. The van der Waals surface area contributed by atoms with Crippen molar-refractivity contribution in [2.75, 3.05) is 0 Å². The number of amidine groups is 1. The van der Waals surface area contributed by atoms with Crippen molar-refractivity contribution in [1.29, 1.82) is 5.41 Å². The van der Waals surface area contributed by atoms with Gasteiger partial charge in [0.05, 0.1) is 0 Å². The molecule has 3 heteroatoms. The molecule has 1 aromatic rings. The standard InChI is InChI=1S/C8H10N2S/c1-6-2-4-7(5-3-6)11-8(9)10/h2-5H,1H3,(H3,9,10). The molecule has 0 radical (unpaired) electrons. The summed E-state index contributed by atoms with van der Waals surface area (Å²) in [5.41, 5.74) is 6.43. The van der Waals surface area contributed by atoms with E-state index in [9.17, 15) is 0 Å². The van der Waals surface area contributed by atoms with Crippen molar-refractivity contribution in [2.45, 2.75) is 11.8 Å². The molecule has 0 aliphatic heterocycles. The highest BCUT2D eigenvalue weighted by atomic mass is 32.2. The predicted molar refractivity (Wildman–Crippen MR) is 49.0 cm³/mol. The Balaban J connectivity index is 2.74. The minimum absolute atomic E-state index is 0.133. The van der Waals surface area contributed by atoms with Gasteiger partial charge in [-0.05, 0) is 19.1 Å². The van der Waals surface area contributed by atoms with Gasteiger partial charge in [-0.3, -0.25) is 5.41 Å². The predicted octanol–water partition coefficient (Wildman–Crippen LogP) is 1.98. The molecule has 11 heavy (non-hydrogen) atoms. The lowest BCUT2D eigenvalue weighted by atomic mass is 10.2. The van der Waals surface area contributed by atoms with Crippen LogP contribution in [-0.4, -0.2) is 5.17 Å². The van der Waals surface area contributed by atoms with Crippen LogP contribution in [0.4, 0.5) is 0 Å². The fourth-order valence-corrected chi connectivity index (χ4v) is 1.26. The maximum absolute atomic E-state index is 7.03. The Hall–Kier alpha value is -0.960. The fourth-order valence-electron chi connectivity index (χ4n) is 0.733. The van der Waals surface area contributed by atoms with Gasteiger partial charge in [0.15, 0.2) is 5.17 Å². The van der Waals surface area contributed by atoms with Crippen LogP contribution in [0.5, 0.6) is 0 Å². The van der Waals surface area contributed by atoms with Crippen LogP contribution in [0.15, 0.2) is 29.2 Å². The van der Waals surface area contributed by atoms with Gasteiger partial charge in [-0.25, -0.2) is 0 Å². The maximum Gasteiger partial charge on any atom is 0.155 e. The maximum atomic E-state index is 7.03. The highest BCUT2D eigenvalue weighted by Gasteiger charge is 1.93. The first-order valence-electron chi connectivity index (χ1n) is 3.27. The Bertz CT molecular complexity index is 253. The van der Waals surface area contributed by atoms with Crippen molar-refractivity contribution in [3.05, 3.63) is 29.8 Å². The number of thioether (sulfide) groups is 1. The molecule has 0 heterocycles. The molecule has 0 aliphatic carbocycles. The summed E-state index contributed by atoms with van der Waals surface area (Å²) in [6, 6.07) is 7.93. The molecule has 0 aliphatic rings. The Morgan fingerprint density at radius 2 is 1.91 bits per heavy atom. The van der Waals surface area contributed by atoms with E-state index in [-0.39, 0.29) is 5.17 Å². The molecular weight excluding hydrogens is 156 g/mol. The quantitative estimate of drug-likeness (QED) is 0.381. The molecule has 0 saturated carbocycles. The molecule has 0 spiro atoms. The Morgan fingerprint density at radius 1 is 1.36 bits per heavy atom. The summed E-state index contributed by atoms with van der Waals surface area (Å²) in [6.07, 6.45) is 0. The van der Waals surface area contributed by atoms with Crippen LogP contribution in [0.1, 0.15) is 5.56 Å². The molecule has 3 N–H and O–H groups in total. The number of aryl methyl sites for hydroxylation is 1. The molecule has 0 unspecified atom stereocenters. The second-order valence-electron chi connectivity index (χ2n) is 2.28. The van der Waals surface area contributed by atoms with Gasteiger partial charge in [0, 0.05) is 4.90 Å². The monoisotopic (exact) mass is 166 g/mol. The molecule has 0 bridgehead atoms. The van der Waals surface area contributed by atoms with Crippen molar-refractivity contribution in [3.63, 3.8) is 0 Å². The first-order valence-corrected chi connectivity index (χ1v) is 4.08. The van der Waals surface area contributed by atoms with Crippen molar-refractivity contribution in [3.8, 4) is 0 Å². The zero-order valence-electron chi connectivity index (χ0n) is 6.29. The lowest BCUT2D eigenvalue weighted by molar-refractivity contribution is 1.38. The third-order valence-electron chi connectivity index (χ3n) is 1.25. The van der Waals surface area contributed by atoms with Crippen LogP contribution < -0.4 is 5.73 Å². The van der Waals surface area contributed by atoms with E-state index < -0.39 is 0 Å². The number of rotatable bonds is 1. The highest BCUT2D eigenvalue weighted by molar-refractivity contribution is 8.13. The molecule has 0 saturated heterocycles. The van der Waals surface area contributed by atoms with E-state index in [1.165, 1.54) is 17.3 Å². The Morgan fingerprint density at radius 3 is 2.36 bits per heavy atom.